The maximum Gasteiger partial charge on any atom is 0.111 e. The van der Waals surface area contributed by atoms with Crippen LogP contribution in [0.1, 0.15) is 50.4 Å². The lowest BCUT2D eigenvalue weighted by Crippen LogP contribution is -2.44. The number of benzene rings is 1. The zero-order chi connectivity index (χ0) is 16.1. The van der Waals surface area contributed by atoms with Gasteiger partial charge in [-0.05, 0) is 57.4 Å². The molecule has 1 aliphatic rings. The minimum Gasteiger partial charge on any atom is -0.469 e. The van der Waals surface area contributed by atoms with Crippen molar-refractivity contribution in [2.24, 2.45) is 0 Å². The molecule has 2 heterocycles. The van der Waals surface area contributed by atoms with Crippen LogP contribution in [0, 0.1) is 0 Å². The normalized spacial score (nSPS) is 21.9. The van der Waals surface area contributed by atoms with Crippen molar-refractivity contribution < 1.29 is 9.15 Å². The van der Waals surface area contributed by atoms with Crippen molar-refractivity contribution in [3.05, 3.63) is 60.1 Å². The summed E-state index contributed by atoms with van der Waals surface area (Å²) in [6.07, 6.45) is 4.97. The topological polar surface area (TPSA) is 34.4 Å². The molecule has 124 valence electrons. The van der Waals surface area contributed by atoms with E-state index in [9.17, 15) is 0 Å². The van der Waals surface area contributed by atoms with E-state index in [0.29, 0.717) is 12.0 Å². The molecule has 0 bridgehead atoms. The molecular weight excluding hydrogens is 286 g/mol. The SMILES string of the molecule is CC1(C)C[C@@H](NCC[C@@H](c2ccccc2)c2ccco2)CCO1. The van der Waals surface area contributed by atoms with Crippen LogP contribution in [0.3, 0.4) is 0 Å². The average Bonchev–Trinajstić information content (AvgIpc) is 3.05. The molecule has 23 heavy (non-hydrogen) atoms. The van der Waals surface area contributed by atoms with E-state index in [2.05, 4.69) is 55.6 Å². The first-order chi connectivity index (χ1) is 11.1. The van der Waals surface area contributed by atoms with E-state index in [-0.39, 0.29) is 5.60 Å². The summed E-state index contributed by atoms with van der Waals surface area (Å²) in [6, 6.07) is 15.2. The fourth-order valence-corrected chi connectivity index (χ4v) is 3.49. The van der Waals surface area contributed by atoms with Crippen molar-refractivity contribution in [1.29, 1.82) is 0 Å². The van der Waals surface area contributed by atoms with E-state index in [4.69, 9.17) is 9.15 Å². The predicted octanol–water partition coefficient (Wildman–Crippen LogP) is 4.35. The highest BCUT2D eigenvalue weighted by Gasteiger charge is 2.28. The minimum atomic E-state index is -0.00421. The van der Waals surface area contributed by atoms with E-state index in [1.54, 1.807) is 6.26 Å². The van der Waals surface area contributed by atoms with Gasteiger partial charge in [0, 0.05) is 18.6 Å². The molecule has 3 heteroatoms. The van der Waals surface area contributed by atoms with E-state index in [1.165, 1.54) is 5.56 Å². The van der Waals surface area contributed by atoms with Crippen molar-refractivity contribution in [3.63, 3.8) is 0 Å². The van der Waals surface area contributed by atoms with Crippen molar-refractivity contribution in [2.75, 3.05) is 13.2 Å². The van der Waals surface area contributed by atoms with Gasteiger partial charge in [-0.15, -0.1) is 0 Å². The monoisotopic (exact) mass is 313 g/mol. The Kier molecular flexibility index (Phi) is 5.19. The number of hydrogen-bond donors (Lipinski definition) is 1. The van der Waals surface area contributed by atoms with Crippen LogP contribution >= 0.6 is 0 Å². The Hall–Kier alpha value is -1.58. The number of nitrogens with one attached hydrogen (secondary N) is 1. The van der Waals surface area contributed by atoms with E-state index >= 15 is 0 Å². The lowest BCUT2D eigenvalue weighted by molar-refractivity contribution is -0.0628. The van der Waals surface area contributed by atoms with Crippen LogP contribution in [-0.4, -0.2) is 24.8 Å². The Balaban J connectivity index is 1.59. The lowest BCUT2D eigenvalue weighted by atomic mass is 9.91. The van der Waals surface area contributed by atoms with E-state index in [0.717, 1.165) is 38.2 Å². The van der Waals surface area contributed by atoms with Crippen LogP contribution in [-0.2, 0) is 4.74 Å². The summed E-state index contributed by atoms with van der Waals surface area (Å²) in [5.74, 6) is 1.36. The fourth-order valence-electron chi connectivity index (χ4n) is 3.49. The third kappa shape index (κ3) is 4.46. The second-order valence-electron chi connectivity index (χ2n) is 7.02. The molecule has 1 N–H and O–H groups in total. The van der Waals surface area contributed by atoms with Crippen LogP contribution in [0.5, 0.6) is 0 Å². The zero-order valence-electron chi connectivity index (χ0n) is 14.1. The number of ether oxygens (including phenoxy) is 1. The van der Waals surface area contributed by atoms with Crippen molar-refractivity contribution in [2.45, 2.75) is 50.7 Å². The van der Waals surface area contributed by atoms with E-state index in [1.807, 2.05) is 6.07 Å². The molecule has 1 fully saturated rings. The molecule has 1 saturated heterocycles. The zero-order valence-corrected chi connectivity index (χ0v) is 14.1. The summed E-state index contributed by atoms with van der Waals surface area (Å²) < 4.78 is 11.5. The van der Waals surface area contributed by atoms with Crippen LogP contribution in [0.2, 0.25) is 0 Å². The van der Waals surface area contributed by atoms with Gasteiger partial charge in [0.05, 0.1) is 11.9 Å². The highest BCUT2D eigenvalue weighted by Crippen LogP contribution is 2.28. The summed E-state index contributed by atoms with van der Waals surface area (Å²) in [4.78, 5) is 0. The molecule has 1 aliphatic heterocycles. The molecule has 3 nitrogen and oxygen atoms in total. The quantitative estimate of drug-likeness (QED) is 0.861. The molecule has 1 aromatic carbocycles. The Morgan fingerprint density at radius 3 is 2.70 bits per heavy atom. The molecule has 0 saturated carbocycles. The third-order valence-corrected chi connectivity index (χ3v) is 4.65. The van der Waals surface area contributed by atoms with Crippen LogP contribution < -0.4 is 5.32 Å². The largest absolute Gasteiger partial charge is 0.469 e. The van der Waals surface area contributed by atoms with Gasteiger partial charge in [0.1, 0.15) is 5.76 Å². The molecule has 2 atom stereocenters. The maximum absolute atomic E-state index is 5.80. The smallest absolute Gasteiger partial charge is 0.111 e. The second kappa shape index (κ2) is 7.33. The van der Waals surface area contributed by atoms with Gasteiger partial charge in [-0.1, -0.05) is 30.3 Å². The van der Waals surface area contributed by atoms with Gasteiger partial charge in [-0.3, -0.25) is 0 Å². The molecule has 1 aromatic heterocycles. The van der Waals surface area contributed by atoms with Crippen LogP contribution in [0.4, 0.5) is 0 Å². The summed E-state index contributed by atoms with van der Waals surface area (Å²) in [5, 5.41) is 3.72. The van der Waals surface area contributed by atoms with Gasteiger partial charge in [0.25, 0.3) is 0 Å². The Morgan fingerprint density at radius 1 is 1.17 bits per heavy atom. The fraction of sp³-hybridized carbons (Fsp3) is 0.500. The highest BCUT2D eigenvalue weighted by atomic mass is 16.5. The summed E-state index contributed by atoms with van der Waals surface area (Å²) in [7, 11) is 0. The second-order valence-corrected chi connectivity index (χ2v) is 7.02. The molecular formula is C20H27NO2. The third-order valence-electron chi connectivity index (χ3n) is 4.65. The average molecular weight is 313 g/mol. The van der Waals surface area contributed by atoms with E-state index < -0.39 is 0 Å². The number of hydrogen-bond acceptors (Lipinski definition) is 3. The van der Waals surface area contributed by atoms with Crippen LogP contribution in [0.25, 0.3) is 0 Å². The summed E-state index contributed by atoms with van der Waals surface area (Å²) in [5.41, 5.74) is 1.31. The summed E-state index contributed by atoms with van der Waals surface area (Å²) >= 11 is 0. The molecule has 0 unspecified atom stereocenters. The Morgan fingerprint density at radius 2 is 2.00 bits per heavy atom. The first kappa shape index (κ1) is 16.3. The van der Waals surface area contributed by atoms with Crippen molar-refractivity contribution in [1.82, 2.24) is 5.32 Å². The van der Waals surface area contributed by atoms with Gasteiger partial charge in [-0.2, -0.15) is 0 Å². The molecule has 0 aliphatic carbocycles. The van der Waals surface area contributed by atoms with Gasteiger partial charge >= 0.3 is 0 Å². The highest BCUT2D eigenvalue weighted by molar-refractivity contribution is 5.27. The maximum atomic E-state index is 5.80. The lowest BCUT2D eigenvalue weighted by Gasteiger charge is -2.36. The first-order valence-electron chi connectivity index (χ1n) is 8.60. The number of furan rings is 1. The molecule has 0 amide bonds. The van der Waals surface area contributed by atoms with Crippen LogP contribution in [0.15, 0.2) is 53.1 Å². The number of rotatable bonds is 6. The van der Waals surface area contributed by atoms with Crippen molar-refractivity contribution >= 4 is 0 Å². The Labute approximate surface area is 139 Å². The van der Waals surface area contributed by atoms with Gasteiger partial charge in [0.2, 0.25) is 0 Å². The van der Waals surface area contributed by atoms with Gasteiger partial charge < -0.3 is 14.5 Å². The molecule has 2 aromatic rings. The molecule has 0 spiro atoms. The minimum absolute atomic E-state index is 0.00421. The Bertz CT molecular complexity index is 577. The summed E-state index contributed by atoms with van der Waals surface area (Å²) in [6.45, 7) is 6.19. The van der Waals surface area contributed by atoms with Crippen molar-refractivity contribution in [3.8, 4) is 0 Å². The van der Waals surface area contributed by atoms with Gasteiger partial charge in [0.15, 0.2) is 0 Å². The first-order valence-corrected chi connectivity index (χ1v) is 8.60. The molecule has 3 rings (SSSR count). The molecule has 0 radical (unpaired) electrons. The standard InChI is InChI=1S/C20H27NO2/c1-20(2)15-17(11-14-23-20)21-12-10-18(19-9-6-13-22-19)16-7-4-3-5-8-16/h3-9,13,17-18,21H,10-12,14-15H2,1-2H3/t17-,18-/m0/s1. The predicted molar refractivity (Wildman–Crippen MR) is 92.7 cm³/mol. The van der Waals surface area contributed by atoms with Gasteiger partial charge in [-0.25, -0.2) is 0 Å².